The highest BCUT2D eigenvalue weighted by Gasteiger charge is 2.36. The molecule has 2 atom stereocenters. The summed E-state index contributed by atoms with van der Waals surface area (Å²) in [6.45, 7) is -0.476. The van der Waals surface area contributed by atoms with Crippen molar-refractivity contribution in [2.24, 2.45) is 0 Å². The average Bonchev–Trinajstić information content (AvgIpc) is 3.15. The van der Waals surface area contributed by atoms with E-state index >= 15 is 0 Å². The quantitative estimate of drug-likeness (QED) is 0.858. The zero-order valence-electron chi connectivity index (χ0n) is 12.2. The molecule has 1 aliphatic heterocycles. The number of fused-ring (bicyclic) bond motifs is 1. The molecule has 8 heteroatoms. The van der Waals surface area contributed by atoms with Crippen LogP contribution in [-0.4, -0.2) is 31.7 Å². The number of halogens is 3. The van der Waals surface area contributed by atoms with Crippen molar-refractivity contribution in [3.8, 4) is 0 Å². The molecular formula is C15H16F3N2OS2+. The topological polar surface area (TPSA) is 33.5 Å². The van der Waals surface area contributed by atoms with Crippen LogP contribution in [0.5, 0.6) is 0 Å². The van der Waals surface area contributed by atoms with Gasteiger partial charge in [0.05, 0.1) is 11.4 Å². The Morgan fingerprint density at radius 1 is 1.30 bits per heavy atom. The molecule has 0 fully saturated rings. The molecule has 3 heterocycles. The highest BCUT2D eigenvalue weighted by atomic mass is 32.1. The predicted octanol–water partition coefficient (Wildman–Crippen LogP) is 2.02. The van der Waals surface area contributed by atoms with E-state index < -0.39 is 18.6 Å². The lowest BCUT2D eigenvalue weighted by molar-refractivity contribution is -0.919. The first-order valence-electron chi connectivity index (χ1n) is 7.22. The van der Waals surface area contributed by atoms with E-state index in [1.165, 1.54) is 10.4 Å². The van der Waals surface area contributed by atoms with E-state index in [2.05, 4.69) is 6.07 Å². The van der Waals surface area contributed by atoms with Gasteiger partial charge < -0.3 is 10.2 Å². The van der Waals surface area contributed by atoms with Crippen LogP contribution in [0, 0.1) is 0 Å². The summed E-state index contributed by atoms with van der Waals surface area (Å²) in [5, 5.41) is 6.00. The van der Waals surface area contributed by atoms with E-state index in [4.69, 9.17) is 0 Å². The van der Waals surface area contributed by atoms with E-state index in [0.717, 1.165) is 22.7 Å². The second-order valence-electron chi connectivity index (χ2n) is 5.47. The van der Waals surface area contributed by atoms with Crippen molar-refractivity contribution in [3.63, 3.8) is 0 Å². The Morgan fingerprint density at radius 2 is 2.13 bits per heavy atom. The molecule has 2 N–H and O–H groups in total. The van der Waals surface area contributed by atoms with Gasteiger partial charge in [-0.15, -0.1) is 22.7 Å². The molecular weight excluding hydrogens is 345 g/mol. The molecule has 0 spiro atoms. The van der Waals surface area contributed by atoms with Crippen molar-refractivity contribution >= 4 is 28.6 Å². The minimum absolute atomic E-state index is 0.0293. The molecule has 0 bridgehead atoms. The zero-order valence-corrected chi connectivity index (χ0v) is 13.8. The monoisotopic (exact) mass is 361 g/mol. The summed E-state index contributed by atoms with van der Waals surface area (Å²) in [6.07, 6.45) is -3.52. The number of carbonyl (C=O) groups excluding carboxylic acids is 1. The number of hydrogen-bond acceptors (Lipinski definition) is 3. The summed E-state index contributed by atoms with van der Waals surface area (Å²) in [7, 11) is 0. The molecule has 1 amide bonds. The largest absolute Gasteiger partial charge is 0.405 e. The molecule has 3 rings (SSSR count). The molecule has 0 saturated carbocycles. The van der Waals surface area contributed by atoms with Crippen LogP contribution in [0.15, 0.2) is 29.0 Å². The van der Waals surface area contributed by atoms with Crippen LogP contribution < -0.4 is 10.2 Å². The first-order chi connectivity index (χ1) is 10.9. The lowest BCUT2D eigenvalue weighted by Crippen LogP contribution is -3.14. The maximum Gasteiger partial charge on any atom is 0.405 e. The van der Waals surface area contributed by atoms with Gasteiger partial charge in [-0.05, 0) is 22.9 Å². The van der Waals surface area contributed by atoms with Crippen LogP contribution in [0.2, 0.25) is 0 Å². The summed E-state index contributed by atoms with van der Waals surface area (Å²) in [5.74, 6) is -0.558. The highest BCUT2D eigenvalue weighted by Crippen LogP contribution is 2.31. The number of thiophene rings is 2. The Morgan fingerprint density at radius 3 is 2.83 bits per heavy atom. The molecule has 0 aromatic carbocycles. The molecule has 0 radical (unpaired) electrons. The Hall–Kier alpha value is -1.38. The molecule has 2 aromatic rings. The van der Waals surface area contributed by atoms with Gasteiger partial charge in [-0.3, -0.25) is 4.79 Å². The van der Waals surface area contributed by atoms with Gasteiger partial charge in [-0.2, -0.15) is 13.2 Å². The number of carbonyl (C=O) groups is 1. The van der Waals surface area contributed by atoms with Crippen LogP contribution in [-0.2, 0) is 11.2 Å². The van der Waals surface area contributed by atoms with Crippen molar-refractivity contribution in [2.45, 2.75) is 18.6 Å². The fraction of sp³-hybridized carbons (Fsp3) is 0.400. The van der Waals surface area contributed by atoms with Gasteiger partial charge in [0.15, 0.2) is 6.54 Å². The normalized spacial score (nSPS) is 21.0. The van der Waals surface area contributed by atoms with Crippen LogP contribution >= 0.6 is 22.7 Å². The van der Waals surface area contributed by atoms with Crippen molar-refractivity contribution in [1.29, 1.82) is 0 Å². The minimum atomic E-state index is -4.37. The van der Waals surface area contributed by atoms with E-state index in [1.54, 1.807) is 22.7 Å². The van der Waals surface area contributed by atoms with Gasteiger partial charge in [0.1, 0.15) is 12.6 Å². The van der Waals surface area contributed by atoms with Gasteiger partial charge in [0, 0.05) is 16.9 Å². The Bertz CT molecular complexity index is 667. The first kappa shape index (κ1) is 16.5. The number of amides is 1. The maximum absolute atomic E-state index is 12.2. The van der Waals surface area contributed by atoms with Crippen molar-refractivity contribution in [2.75, 3.05) is 19.6 Å². The second kappa shape index (κ2) is 6.62. The molecule has 0 saturated heterocycles. The minimum Gasteiger partial charge on any atom is -0.342 e. The van der Waals surface area contributed by atoms with E-state index in [1.807, 2.05) is 28.2 Å². The maximum atomic E-state index is 12.2. The molecule has 0 aliphatic carbocycles. The summed E-state index contributed by atoms with van der Waals surface area (Å²) in [6, 6.07) is 6.08. The standard InChI is InChI=1S/C15H15F3N2OS2/c16-15(17,18)9-19-13(21)8-20-5-3-11-10(4-7-23-11)14(20)12-2-1-6-22-12/h1-2,4,6-7,14H,3,5,8-9H2,(H,19,21)/p+1/t14-/m1/s1. The summed E-state index contributed by atoms with van der Waals surface area (Å²) in [4.78, 5) is 15.3. The third-order valence-electron chi connectivity index (χ3n) is 3.87. The first-order valence-corrected chi connectivity index (χ1v) is 8.97. The Kier molecular flexibility index (Phi) is 4.74. The van der Waals surface area contributed by atoms with Crippen LogP contribution in [0.1, 0.15) is 21.4 Å². The summed E-state index contributed by atoms with van der Waals surface area (Å²) in [5.41, 5.74) is 1.20. The SMILES string of the molecule is O=C(C[NH+]1CCc2sccc2[C@@H]1c1cccs1)NCC(F)(F)F. The van der Waals surface area contributed by atoms with Gasteiger partial charge in [-0.1, -0.05) is 6.07 Å². The Balaban J connectivity index is 1.75. The molecule has 1 unspecified atom stereocenters. The van der Waals surface area contributed by atoms with Crippen molar-refractivity contribution in [1.82, 2.24) is 5.32 Å². The lowest BCUT2D eigenvalue weighted by atomic mass is 9.98. The zero-order chi connectivity index (χ0) is 16.4. The smallest absolute Gasteiger partial charge is 0.342 e. The lowest BCUT2D eigenvalue weighted by Gasteiger charge is -2.31. The predicted molar refractivity (Wildman–Crippen MR) is 83.9 cm³/mol. The fourth-order valence-corrected chi connectivity index (χ4v) is 4.74. The molecule has 3 nitrogen and oxygen atoms in total. The molecule has 23 heavy (non-hydrogen) atoms. The van der Waals surface area contributed by atoms with E-state index in [9.17, 15) is 18.0 Å². The number of hydrogen-bond donors (Lipinski definition) is 2. The third-order valence-corrected chi connectivity index (χ3v) is 5.81. The van der Waals surface area contributed by atoms with Crippen molar-refractivity contribution in [3.05, 3.63) is 44.3 Å². The van der Waals surface area contributed by atoms with Gasteiger partial charge in [0.2, 0.25) is 0 Å². The fourth-order valence-electron chi connectivity index (χ4n) is 2.92. The van der Waals surface area contributed by atoms with E-state index in [0.29, 0.717) is 0 Å². The van der Waals surface area contributed by atoms with Crippen LogP contribution in [0.4, 0.5) is 13.2 Å². The van der Waals surface area contributed by atoms with Gasteiger partial charge >= 0.3 is 6.18 Å². The highest BCUT2D eigenvalue weighted by molar-refractivity contribution is 7.10. The molecule has 1 aliphatic rings. The van der Waals surface area contributed by atoms with Crippen LogP contribution in [0.25, 0.3) is 0 Å². The van der Waals surface area contributed by atoms with Crippen LogP contribution in [0.3, 0.4) is 0 Å². The molecule has 2 aromatic heterocycles. The number of rotatable bonds is 4. The third kappa shape index (κ3) is 3.94. The number of alkyl halides is 3. The summed E-state index contributed by atoms with van der Waals surface area (Å²) < 4.78 is 36.7. The number of nitrogens with one attached hydrogen (secondary N) is 2. The molecule has 124 valence electrons. The van der Waals surface area contributed by atoms with E-state index in [-0.39, 0.29) is 12.6 Å². The van der Waals surface area contributed by atoms with Gasteiger partial charge in [0.25, 0.3) is 5.91 Å². The second-order valence-corrected chi connectivity index (χ2v) is 7.45. The Labute approximate surface area is 139 Å². The number of quaternary nitrogens is 1. The van der Waals surface area contributed by atoms with Crippen molar-refractivity contribution < 1.29 is 22.9 Å². The summed E-state index contributed by atoms with van der Waals surface area (Å²) >= 11 is 3.32. The van der Waals surface area contributed by atoms with Gasteiger partial charge in [-0.25, -0.2) is 0 Å². The average molecular weight is 361 g/mol.